The van der Waals surface area contributed by atoms with Crippen molar-refractivity contribution in [1.29, 1.82) is 0 Å². The Kier molecular flexibility index (Phi) is 10.1. The Balaban J connectivity index is 2.02. The molecule has 0 bridgehead atoms. The highest BCUT2D eigenvalue weighted by molar-refractivity contribution is 7.80. The molecule has 194 valence electrons. The van der Waals surface area contributed by atoms with Crippen molar-refractivity contribution < 1.29 is 34.2 Å². The highest BCUT2D eigenvalue weighted by Gasteiger charge is 2.37. The SMILES string of the molecule is NC(N)=NCCC[C@@H]1NC(=S)N(CC(=O)N[C@@H](CC(=O)O)C(=O)NC(C(=O)O)c2ccccc2)C1=O. The van der Waals surface area contributed by atoms with E-state index in [0.29, 0.717) is 19.4 Å². The third-order valence-electron chi connectivity index (χ3n) is 5.05. The van der Waals surface area contributed by atoms with Crippen molar-refractivity contribution in [2.24, 2.45) is 16.5 Å². The standard InChI is InChI=1S/C21H27N7O7S/c22-20(23)24-8-4-7-12-18(33)28(21(36)26-12)10-14(29)25-13(9-15(30)31)17(32)27-16(19(34)35)11-5-2-1-3-6-11/h1-3,5-6,12-13,16H,4,7-10H2,(H,25,29)(H,26,36)(H,27,32)(H,30,31)(H,34,35)(H4,22,23,24)/t12-,13-,16?/m0/s1. The van der Waals surface area contributed by atoms with Gasteiger partial charge in [0.25, 0.3) is 5.91 Å². The lowest BCUT2D eigenvalue weighted by molar-refractivity contribution is -0.143. The highest BCUT2D eigenvalue weighted by atomic mass is 32.1. The second-order valence-corrected chi connectivity index (χ2v) is 8.17. The van der Waals surface area contributed by atoms with Gasteiger partial charge in [-0.2, -0.15) is 0 Å². The number of carbonyl (C=O) groups is 5. The van der Waals surface area contributed by atoms with E-state index < -0.39 is 60.8 Å². The van der Waals surface area contributed by atoms with Crippen LogP contribution in [0.3, 0.4) is 0 Å². The molecule has 1 heterocycles. The van der Waals surface area contributed by atoms with Crippen LogP contribution in [0.25, 0.3) is 0 Å². The number of carbonyl (C=O) groups excluding carboxylic acids is 3. The quantitative estimate of drug-likeness (QED) is 0.0651. The Bertz CT molecular complexity index is 1050. The maximum Gasteiger partial charge on any atom is 0.330 e. The Labute approximate surface area is 211 Å². The van der Waals surface area contributed by atoms with E-state index in [-0.39, 0.29) is 16.6 Å². The van der Waals surface area contributed by atoms with Gasteiger partial charge in [0.05, 0.1) is 6.42 Å². The molecule has 0 radical (unpaired) electrons. The van der Waals surface area contributed by atoms with Crippen molar-refractivity contribution in [2.45, 2.75) is 37.4 Å². The average Bonchev–Trinajstić information content (AvgIpc) is 3.07. The Morgan fingerprint density at radius 2 is 1.81 bits per heavy atom. The summed E-state index contributed by atoms with van der Waals surface area (Å²) in [5.74, 6) is -5.21. The van der Waals surface area contributed by atoms with Gasteiger partial charge < -0.3 is 37.6 Å². The van der Waals surface area contributed by atoms with Crippen LogP contribution in [0.4, 0.5) is 0 Å². The number of aliphatic imine (C=N–C) groups is 1. The number of thiocarbonyl (C=S) groups is 1. The van der Waals surface area contributed by atoms with Gasteiger partial charge in [0.1, 0.15) is 18.6 Å². The van der Waals surface area contributed by atoms with Gasteiger partial charge in [-0.05, 0) is 30.6 Å². The van der Waals surface area contributed by atoms with E-state index in [4.69, 9.17) is 23.7 Å². The minimum absolute atomic E-state index is 0.00348. The van der Waals surface area contributed by atoms with E-state index in [1.54, 1.807) is 18.2 Å². The van der Waals surface area contributed by atoms with Crippen LogP contribution < -0.4 is 27.4 Å². The van der Waals surface area contributed by atoms with Crippen LogP contribution in [-0.4, -0.2) is 81.0 Å². The minimum atomic E-state index is -1.60. The molecule has 1 aliphatic rings. The fourth-order valence-corrected chi connectivity index (χ4v) is 3.67. The molecule has 1 aromatic rings. The van der Waals surface area contributed by atoms with Crippen LogP contribution in [0.15, 0.2) is 35.3 Å². The molecule has 0 spiro atoms. The number of benzene rings is 1. The topological polar surface area (TPSA) is 230 Å². The average molecular weight is 522 g/mol. The third-order valence-corrected chi connectivity index (χ3v) is 5.39. The first-order valence-electron chi connectivity index (χ1n) is 10.8. The molecule has 9 N–H and O–H groups in total. The molecule has 0 saturated carbocycles. The van der Waals surface area contributed by atoms with Gasteiger partial charge in [0.15, 0.2) is 17.1 Å². The number of nitrogens with two attached hydrogens (primary N) is 2. The first kappa shape index (κ1) is 28.0. The molecule has 3 amide bonds. The predicted molar refractivity (Wildman–Crippen MR) is 130 cm³/mol. The zero-order valence-corrected chi connectivity index (χ0v) is 19.9. The summed E-state index contributed by atoms with van der Waals surface area (Å²) < 4.78 is 0. The van der Waals surface area contributed by atoms with Gasteiger partial charge in [-0.25, -0.2) is 4.79 Å². The summed E-state index contributed by atoms with van der Waals surface area (Å²) >= 11 is 5.12. The molecule has 1 aliphatic heterocycles. The van der Waals surface area contributed by atoms with E-state index in [1.807, 2.05) is 0 Å². The number of aliphatic carboxylic acids is 2. The zero-order valence-electron chi connectivity index (χ0n) is 19.0. The Morgan fingerprint density at radius 3 is 2.39 bits per heavy atom. The fourth-order valence-electron chi connectivity index (χ4n) is 3.37. The van der Waals surface area contributed by atoms with Crippen molar-refractivity contribution in [1.82, 2.24) is 20.9 Å². The molecule has 14 nitrogen and oxygen atoms in total. The molecule has 1 unspecified atom stereocenters. The zero-order chi connectivity index (χ0) is 26.8. The number of nitrogens with zero attached hydrogens (tertiary/aromatic N) is 2. The second-order valence-electron chi connectivity index (χ2n) is 7.78. The van der Waals surface area contributed by atoms with Crippen molar-refractivity contribution in [3.05, 3.63) is 35.9 Å². The molecule has 0 aromatic heterocycles. The van der Waals surface area contributed by atoms with Crippen LogP contribution >= 0.6 is 12.2 Å². The third kappa shape index (κ3) is 8.19. The van der Waals surface area contributed by atoms with Crippen LogP contribution in [0, 0.1) is 0 Å². The fraction of sp³-hybridized carbons (Fsp3) is 0.381. The maximum absolute atomic E-state index is 12.7. The van der Waals surface area contributed by atoms with Crippen molar-refractivity contribution >= 4 is 53.0 Å². The van der Waals surface area contributed by atoms with Gasteiger partial charge in [0, 0.05) is 6.54 Å². The normalized spacial score (nSPS) is 16.4. The molecule has 3 atom stereocenters. The first-order chi connectivity index (χ1) is 17.0. The number of rotatable bonds is 13. The molecule has 15 heteroatoms. The first-order valence-corrected chi connectivity index (χ1v) is 11.2. The molecule has 1 fully saturated rings. The lowest BCUT2D eigenvalue weighted by Crippen LogP contribution is -2.52. The summed E-state index contributed by atoms with van der Waals surface area (Å²) in [6.07, 6.45) is -0.00624. The number of nitrogens with one attached hydrogen (secondary N) is 3. The lowest BCUT2D eigenvalue weighted by Gasteiger charge is -2.22. The summed E-state index contributed by atoms with van der Waals surface area (Å²) in [7, 11) is 0. The Hall–Kier alpha value is -4.27. The summed E-state index contributed by atoms with van der Waals surface area (Å²) in [4.78, 5) is 65.7. The van der Waals surface area contributed by atoms with Crippen LogP contribution in [-0.2, 0) is 24.0 Å². The van der Waals surface area contributed by atoms with Gasteiger partial charge in [-0.1, -0.05) is 30.3 Å². The number of amides is 3. The molecular formula is C21H27N7O7S. The Morgan fingerprint density at radius 1 is 1.14 bits per heavy atom. The lowest BCUT2D eigenvalue weighted by atomic mass is 10.1. The molecule has 0 aliphatic carbocycles. The summed E-state index contributed by atoms with van der Waals surface area (Å²) in [6, 6.07) is 4.00. The van der Waals surface area contributed by atoms with Gasteiger partial charge >= 0.3 is 11.9 Å². The molecule has 2 rings (SSSR count). The molecule has 1 aromatic carbocycles. The maximum atomic E-state index is 12.7. The number of carboxylic acids is 2. The molecule has 1 saturated heterocycles. The second kappa shape index (κ2) is 13.0. The van der Waals surface area contributed by atoms with Crippen LogP contribution in [0.1, 0.15) is 30.9 Å². The number of carboxylic acid groups (broad SMARTS) is 2. The van der Waals surface area contributed by atoms with Crippen molar-refractivity contribution in [3.8, 4) is 0 Å². The summed E-state index contributed by atoms with van der Waals surface area (Å²) in [5.41, 5.74) is 10.8. The number of hydrogen-bond donors (Lipinski definition) is 7. The summed E-state index contributed by atoms with van der Waals surface area (Å²) in [6.45, 7) is -0.271. The number of hydrogen-bond acceptors (Lipinski definition) is 7. The van der Waals surface area contributed by atoms with Crippen molar-refractivity contribution in [3.63, 3.8) is 0 Å². The minimum Gasteiger partial charge on any atom is -0.481 e. The number of guanidine groups is 1. The van der Waals surface area contributed by atoms with Gasteiger partial charge in [-0.15, -0.1) is 0 Å². The largest absolute Gasteiger partial charge is 0.481 e. The molecule has 36 heavy (non-hydrogen) atoms. The highest BCUT2D eigenvalue weighted by Crippen LogP contribution is 2.14. The monoisotopic (exact) mass is 521 g/mol. The van der Waals surface area contributed by atoms with Gasteiger partial charge in [0.2, 0.25) is 11.8 Å². The smallest absolute Gasteiger partial charge is 0.330 e. The van der Waals surface area contributed by atoms with Crippen LogP contribution in [0.5, 0.6) is 0 Å². The van der Waals surface area contributed by atoms with Crippen LogP contribution in [0.2, 0.25) is 0 Å². The van der Waals surface area contributed by atoms with E-state index in [1.165, 1.54) is 12.1 Å². The van der Waals surface area contributed by atoms with Crippen molar-refractivity contribution in [2.75, 3.05) is 13.1 Å². The molecular weight excluding hydrogens is 494 g/mol. The predicted octanol–water partition coefficient (Wildman–Crippen LogP) is -1.97. The van der Waals surface area contributed by atoms with E-state index in [2.05, 4.69) is 20.9 Å². The summed E-state index contributed by atoms with van der Waals surface area (Å²) in [5, 5.41) is 25.9. The van der Waals surface area contributed by atoms with E-state index >= 15 is 0 Å². The van der Waals surface area contributed by atoms with E-state index in [9.17, 15) is 34.2 Å². The van der Waals surface area contributed by atoms with Gasteiger partial charge in [-0.3, -0.25) is 29.1 Å². The van der Waals surface area contributed by atoms with E-state index in [0.717, 1.165) is 4.90 Å².